The van der Waals surface area contributed by atoms with Crippen LogP contribution in [-0.4, -0.2) is 21.4 Å². The Morgan fingerprint density at radius 1 is 1.29 bits per heavy atom. The van der Waals surface area contributed by atoms with E-state index in [4.69, 9.17) is 0 Å². The first kappa shape index (κ1) is 12.1. The van der Waals surface area contributed by atoms with Gasteiger partial charge in [0.2, 0.25) is 15.9 Å². The molecule has 6 heteroatoms. The molecule has 0 bridgehead atoms. The molecule has 0 heterocycles. The molecule has 0 aliphatic heterocycles. The second kappa shape index (κ2) is 4.46. The smallest absolute Gasteiger partial charge is 0.242 e. The summed E-state index contributed by atoms with van der Waals surface area (Å²) in [4.78, 5) is 11.7. The molecule has 0 radical (unpaired) electrons. The van der Waals surface area contributed by atoms with Gasteiger partial charge in [-0.05, 0) is 32.0 Å². The number of rotatable bonds is 4. The third-order valence-electron chi connectivity index (χ3n) is 2.65. The van der Waals surface area contributed by atoms with Gasteiger partial charge in [-0.1, -0.05) is 12.1 Å². The SMILES string of the molecule is CNS(=O)(=O)c1ccccc1NC(=O)C1CC1. The van der Waals surface area contributed by atoms with Crippen LogP contribution in [0.4, 0.5) is 5.69 Å². The molecule has 92 valence electrons. The molecule has 2 N–H and O–H groups in total. The first-order chi connectivity index (χ1) is 8.04. The van der Waals surface area contributed by atoms with Crippen LogP contribution in [0.5, 0.6) is 0 Å². The lowest BCUT2D eigenvalue weighted by molar-refractivity contribution is -0.117. The molecule has 1 fully saturated rings. The monoisotopic (exact) mass is 254 g/mol. The maximum Gasteiger partial charge on any atom is 0.242 e. The lowest BCUT2D eigenvalue weighted by atomic mass is 10.3. The van der Waals surface area contributed by atoms with Gasteiger partial charge in [0.15, 0.2) is 0 Å². The van der Waals surface area contributed by atoms with E-state index in [-0.39, 0.29) is 16.7 Å². The van der Waals surface area contributed by atoms with Crippen molar-refractivity contribution in [3.05, 3.63) is 24.3 Å². The first-order valence-corrected chi connectivity index (χ1v) is 6.86. The van der Waals surface area contributed by atoms with Crippen LogP contribution in [0.3, 0.4) is 0 Å². The van der Waals surface area contributed by atoms with Crippen LogP contribution < -0.4 is 10.0 Å². The highest BCUT2D eigenvalue weighted by molar-refractivity contribution is 7.89. The zero-order valence-electron chi connectivity index (χ0n) is 9.43. The highest BCUT2D eigenvalue weighted by Gasteiger charge is 2.30. The second-order valence-corrected chi connectivity index (χ2v) is 5.82. The van der Waals surface area contributed by atoms with E-state index in [0.29, 0.717) is 5.69 Å². The summed E-state index contributed by atoms with van der Waals surface area (Å²) >= 11 is 0. The van der Waals surface area contributed by atoms with Gasteiger partial charge in [0, 0.05) is 5.92 Å². The van der Waals surface area contributed by atoms with E-state index in [9.17, 15) is 13.2 Å². The van der Waals surface area contributed by atoms with Gasteiger partial charge in [0.25, 0.3) is 0 Å². The van der Waals surface area contributed by atoms with Gasteiger partial charge in [-0.25, -0.2) is 13.1 Å². The van der Waals surface area contributed by atoms with Crippen LogP contribution in [0, 0.1) is 5.92 Å². The van der Waals surface area contributed by atoms with E-state index in [1.807, 2.05) is 0 Å². The number of anilines is 1. The molecule has 0 spiro atoms. The second-order valence-electron chi connectivity index (χ2n) is 3.97. The summed E-state index contributed by atoms with van der Waals surface area (Å²) in [6.07, 6.45) is 1.76. The summed E-state index contributed by atoms with van der Waals surface area (Å²) in [5.41, 5.74) is 0.332. The minimum Gasteiger partial charge on any atom is -0.325 e. The molecule has 0 unspecified atom stereocenters. The average Bonchev–Trinajstić information content (AvgIpc) is 3.13. The van der Waals surface area contributed by atoms with Gasteiger partial charge in [0.05, 0.1) is 5.69 Å². The van der Waals surface area contributed by atoms with Crippen molar-refractivity contribution in [2.45, 2.75) is 17.7 Å². The van der Waals surface area contributed by atoms with Gasteiger partial charge in [0.1, 0.15) is 4.90 Å². The topological polar surface area (TPSA) is 75.3 Å². The number of hydrogen-bond acceptors (Lipinski definition) is 3. The van der Waals surface area contributed by atoms with E-state index in [0.717, 1.165) is 12.8 Å². The predicted octanol–water partition coefficient (Wildman–Crippen LogP) is 0.943. The van der Waals surface area contributed by atoms with Gasteiger partial charge in [-0.2, -0.15) is 0 Å². The zero-order chi connectivity index (χ0) is 12.5. The molecule has 1 aliphatic carbocycles. The number of para-hydroxylation sites is 1. The Morgan fingerprint density at radius 3 is 2.53 bits per heavy atom. The number of carbonyl (C=O) groups excluding carboxylic acids is 1. The van der Waals surface area contributed by atoms with Crippen molar-refractivity contribution in [3.8, 4) is 0 Å². The molecule has 1 saturated carbocycles. The van der Waals surface area contributed by atoms with Crippen molar-refractivity contribution < 1.29 is 13.2 Å². The van der Waals surface area contributed by atoms with Gasteiger partial charge < -0.3 is 5.32 Å². The predicted molar refractivity (Wildman–Crippen MR) is 64.0 cm³/mol. The number of nitrogens with one attached hydrogen (secondary N) is 2. The lowest BCUT2D eigenvalue weighted by Crippen LogP contribution is -2.22. The molecule has 1 aromatic carbocycles. The summed E-state index contributed by atoms with van der Waals surface area (Å²) in [6, 6.07) is 6.37. The number of carbonyl (C=O) groups is 1. The Labute approximate surface area is 100 Å². The highest BCUT2D eigenvalue weighted by atomic mass is 32.2. The quantitative estimate of drug-likeness (QED) is 0.839. The normalized spacial score (nSPS) is 15.6. The maximum absolute atomic E-state index is 11.7. The molecule has 1 aliphatic rings. The molecule has 5 nitrogen and oxygen atoms in total. The van der Waals surface area contributed by atoms with Gasteiger partial charge in [-0.15, -0.1) is 0 Å². The largest absolute Gasteiger partial charge is 0.325 e. The van der Waals surface area contributed by atoms with Crippen LogP contribution in [0.15, 0.2) is 29.2 Å². The molecule has 0 atom stereocenters. The number of benzene rings is 1. The van der Waals surface area contributed by atoms with Crippen molar-refractivity contribution >= 4 is 21.6 Å². The highest BCUT2D eigenvalue weighted by Crippen LogP contribution is 2.31. The van der Waals surface area contributed by atoms with Gasteiger partial charge in [-0.3, -0.25) is 4.79 Å². The lowest BCUT2D eigenvalue weighted by Gasteiger charge is -2.10. The third-order valence-corrected chi connectivity index (χ3v) is 4.12. The van der Waals surface area contributed by atoms with E-state index >= 15 is 0 Å². The standard InChI is InChI=1S/C11H14N2O3S/c1-12-17(15,16)10-5-3-2-4-9(10)13-11(14)8-6-7-8/h2-5,8,12H,6-7H2,1H3,(H,13,14). The Morgan fingerprint density at radius 2 is 1.94 bits per heavy atom. The summed E-state index contributed by atoms with van der Waals surface area (Å²) in [5, 5.41) is 2.65. The summed E-state index contributed by atoms with van der Waals surface area (Å²) in [6.45, 7) is 0. The molecule has 2 rings (SSSR count). The molecule has 17 heavy (non-hydrogen) atoms. The van der Waals surface area contributed by atoms with Crippen LogP contribution in [0.2, 0.25) is 0 Å². The van der Waals surface area contributed by atoms with Crippen LogP contribution in [0.1, 0.15) is 12.8 Å². The molecule has 1 amide bonds. The zero-order valence-corrected chi connectivity index (χ0v) is 10.3. The molecule has 1 aromatic rings. The molecule has 0 saturated heterocycles. The Kier molecular flexibility index (Phi) is 3.17. The Hall–Kier alpha value is -1.40. The minimum absolute atomic E-state index is 0.0420. The molecular weight excluding hydrogens is 240 g/mol. The van der Waals surface area contributed by atoms with E-state index in [2.05, 4.69) is 10.0 Å². The van der Waals surface area contributed by atoms with E-state index < -0.39 is 10.0 Å². The third kappa shape index (κ3) is 2.65. The molecular formula is C11H14N2O3S. The van der Waals surface area contributed by atoms with Crippen molar-refractivity contribution in [3.63, 3.8) is 0 Å². The van der Waals surface area contributed by atoms with Crippen LogP contribution in [-0.2, 0) is 14.8 Å². The fourth-order valence-electron chi connectivity index (χ4n) is 1.49. The number of hydrogen-bond donors (Lipinski definition) is 2. The van der Waals surface area contributed by atoms with Crippen molar-refractivity contribution in [2.24, 2.45) is 5.92 Å². The number of amides is 1. The van der Waals surface area contributed by atoms with Crippen LogP contribution >= 0.6 is 0 Å². The maximum atomic E-state index is 11.7. The van der Waals surface area contributed by atoms with Crippen molar-refractivity contribution in [1.29, 1.82) is 0 Å². The average molecular weight is 254 g/mol. The Bertz CT molecular complexity index is 535. The van der Waals surface area contributed by atoms with Crippen molar-refractivity contribution in [1.82, 2.24) is 4.72 Å². The van der Waals surface area contributed by atoms with E-state index in [1.165, 1.54) is 13.1 Å². The summed E-state index contributed by atoms with van der Waals surface area (Å²) in [7, 11) is -2.20. The summed E-state index contributed by atoms with van der Waals surface area (Å²) in [5.74, 6) is -0.0656. The van der Waals surface area contributed by atoms with E-state index in [1.54, 1.807) is 18.2 Å². The summed E-state index contributed by atoms with van der Waals surface area (Å²) < 4.78 is 25.7. The Balaban J connectivity index is 2.30. The minimum atomic E-state index is -3.54. The number of sulfonamides is 1. The van der Waals surface area contributed by atoms with Crippen molar-refractivity contribution in [2.75, 3.05) is 12.4 Å². The van der Waals surface area contributed by atoms with Gasteiger partial charge >= 0.3 is 0 Å². The first-order valence-electron chi connectivity index (χ1n) is 5.38. The molecule has 0 aromatic heterocycles. The van der Waals surface area contributed by atoms with Crippen LogP contribution in [0.25, 0.3) is 0 Å². The fourth-order valence-corrected chi connectivity index (χ4v) is 2.38. The fraction of sp³-hybridized carbons (Fsp3) is 0.364.